The molecule has 6 nitrogen and oxygen atoms in total. The number of hydrogen-bond donors (Lipinski definition) is 2. The topological polar surface area (TPSA) is 84.3 Å². The molecule has 0 radical (unpaired) electrons. The van der Waals surface area contributed by atoms with Gasteiger partial charge in [-0.05, 0) is 24.6 Å². The number of nitrogens with zero attached hydrogens (tertiary/aromatic N) is 2. The van der Waals surface area contributed by atoms with Crippen LogP contribution in [0.1, 0.15) is 16.8 Å². The van der Waals surface area contributed by atoms with E-state index in [9.17, 15) is 4.79 Å². The number of aromatic nitrogens is 2. The number of anilines is 1. The summed E-state index contributed by atoms with van der Waals surface area (Å²) in [6.45, 7) is 1.42. The highest BCUT2D eigenvalue weighted by Crippen LogP contribution is 2.22. The quantitative estimate of drug-likeness (QED) is 0.869. The third-order valence-electron chi connectivity index (χ3n) is 3.15. The minimum Gasteiger partial charge on any atom is -0.478 e. The van der Waals surface area contributed by atoms with Crippen LogP contribution in [0, 0.1) is 0 Å². The normalized spacial score (nSPS) is 18.6. The molecule has 1 fully saturated rings. The second kappa shape index (κ2) is 4.81. The van der Waals surface area contributed by atoms with Crippen LogP contribution in [-0.4, -0.2) is 40.3 Å². The van der Waals surface area contributed by atoms with Crippen LogP contribution >= 0.6 is 0 Å². The summed E-state index contributed by atoms with van der Waals surface area (Å²) in [6, 6.07) is 5.09. The van der Waals surface area contributed by atoms with E-state index in [4.69, 9.17) is 9.84 Å². The van der Waals surface area contributed by atoms with Crippen LogP contribution < -0.4 is 5.32 Å². The number of hydrogen-bond acceptors (Lipinski definition) is 5. The Balaban J connectivity index is 1.98. The van der Waals surface area contributed by atoms with Gasteiger partial charge in [0.15, 0.2) is 0 Å². The van der Waals surface area contributed by atoms with Gasteiger partial charge in [0.25, 0.3) is 0 Å². The van der Waals surface area contributed by atoms with Crippen LogP contribution in [0.15, 0.2) is 24.5 Å². The maximum atomic E-state index is 10.9. The van der Waals surface area contributed by atoms with E-state index in [-0.39, 0.29) is 11.6 Å². The van der Waals surface area contributed by atoms with Gasteiger partial charge in [-0.15, -0.1) is 0 Å². The Morgan fingerprint density at radius 2 is 2.32 bits per heavy atom. The zero-order chi connectivity index (χ0) is 13.2. The summed E-state index contributed by atoms with van der Waals surface area (Å²) in [5.41, 5.74) is 0.845. The second-order valence-corrected chi connectivity index (χ2v) is 4.46. The van der Waals surface area contributed by atoms with Crippen LogP contribution in [0.4, 0.5) is 5.82 Å². The fourth-order valence-electron chi connectivity index (χ4n) is 2.15. The first-order valence-electron chi connectivity index (χ1n) is 6.06. The van der Waals surface area contributed by atoms with Gasteiger partial charge in [0.05, 0.1) is 23.7 Å². The van der Waals surface area contributed by atoms with E-state index in [2.05, 4.69) is 15.3 Å². The fraction of sp³-hybridized carbons (Fsp3) is 0.308. The Morgan fingerprint density at radius 3 is 3.05 bits per heavy atom. The Bertz CT molecular complexity index is 624. The third kappa shape index (κ3) is 2.34. The molecular formula is C13H13N3O3. The molecule has 0 saturated carbocycles. The minimum atomic E-state index is -0.959. The highest BCUT2D eigenvalue weighted by atomic mass is 16.5. The minimum absolute atomic E-state index is 0.223. The molecule has 0 aliphatic carbocycles. The van der Waals surface area contributed by atoms with Crippen molar-refractivity contribution in [3.8, 4) is 0 Å². The van der Waals surface area contributed by atoms with Gasteiger partial charge in [-0.3, -0.25) is 0 Å². The van der Waals surface area contributed by atoms with Crippen molar-refractivity contribution in [3.05, 3.63) is 30.1 Å². The maximum absolute atomic E-state index is 10.9. The van der Waals surface area contributed by atoms with Crippen molar-refractivity contribution >= 4 is 22.7 Å². The molecule has 1 saturated heterocycles. The fourth-order valence-corrected chi connectivity index (χ4v) is 2.15. The van der Waals surface area contributed by atoms with E-state index < -0.39 is 5.97 Å². The zero-order valence-electron chi connectivity index (χ0n) is 10.2. The lowest BCUT2D eigenvalue weighted by atomic mass is 10.1. The van der Waals surface area contributed by atoms with Crippen LogP contribution in [0.3, 0.4) is 0 Å². The Morgan fingerprint density at radius 1 is 1.42 bits per heavy atom. The summed E-state index contributed by atoms with van der Waals surface area (Å²) < 4.78 is 5.31. The molecule has 0 bridgehead atoms. The highest BCUT2D eigenvalue weighted by molar-refractivity contribution is 5.96. The van der Waals surface area contributed by atoms with Crippen molar-refractivity contribution in [2.24, 2.45) is 0 Å². The molecule has 3 rings (SSSR count). The van der Waals surface area contributed by atoms with E-state index in [0.717, 1.165) is 24.2 Å². The summed E-state index contributed by atoms with van der Waals surface area (Å²) >= 11 is 0. The summed E-state index contributed by atoms with van der Waals surface area (Å²) in [7, 11) is 0. The Hall–Kier alpha value is -2.21. The monoisotopic (exact) mass is 259 g/mol. The van der Waals surface area contributed by atoms with Gasteiger partial charge in [0.1, 0.15) is 12.1 Å². The van der Waals surface area contributed by atoms with Crippen LogP contribution in [0.2, 0.25) is 0 Å². The predicted octanol–water partition coefficient (Wildman–Crippen LogP) is 1.53. The largest absolute Gasteiger partial charge is 0.478 e. The SMILES string of the molecule is O=C(O)c1ccc2c(NC3CCOC3)ncnc2c1. The van der Waals surface area contributed by atoms with Gasteiger partial charge < -0.3 is 15.2 Å². The smallest absolute Gasteiger partial charge is 0.335 e. The average molecular weight is 259 g/mol. The van der Waals surface area contributed by atoms with Crippen LogP contribution in [0.5, 0.6) is 0 Å². The number of carboxylic acid groups (broad SMARTS) is 1. The van der Waals surface area contributed by atoms with Crippen molar-refractivity contribution in [1.29, 1.82) is 0 Å². The molecule has 2 heterocycles. The van der Waals surface area contributed by atoms with E-state index in [0.29, 0.717) is 12.1 Å². The standard InChI is InChI=1S/C13H13N3O3/c17-13(18)8-1-2-10-11(5-8)14-7-15-12(10)16-9-3-4-19-6-9/h1-2,5,7,9H,3-4,6H2,(H,17,18)(H,14,15,16). The molecule has 1 atom stereocenters. The summed E-state index contributed by atoms with van der Waals surface area (Å²) in [5.74, 6) is -0.239. The van der Waals surface area contributed by atoms with Gasteiger partial charge in [0, 0.05) is 12.0 Å². The van der Waals surface area contributed by atoms with E-state index in [1.807, 2.05) is 0 Å². The third-order valence-corrected chi connectivity index (χ3v) is 3.15. The number of carbonyl (C=O) groups is 1. The Labute approximate surface area is 109 Å². The molecule has 1 aromatic carbocycles. The number of carboxylic acids is 1. The molecule has 1 aliphatic heterocycles. The molecule has 6 heteroatoms. The molecule has 2 N–H and O–H groups in total. The van der Waals surface area contributed by atoms with Crippen molar-refractivity contribution in [2.45, 2.75) is 12.5 Å². The van der Waals surface area contributed by atoms with Crippen molar-refractivity contribution in [1.82, 2.24) is 9.97 Å². The average Bonchev–Trinajstić information content (AvgIpc) is 2.91. The number of rotatable bonds is 3. The van der Waals surface area contributed by atoms with Crippen LogP contribution in [0.25, 0.3) is 10.9 Å². The first-order chi connectivity index (χ1) is 9.24. The first-order valence-corrected chi connectivity index (χ1v) is 6.06. The lowest BCUT2D eigenvalue weighted by Crippen LogP contribution is -2.20. The molecule has 2 aromatic rings. The molecule has 0 spiro atoms. The molecule has 1 aromatic heterocycles. The van der Waals surface area contributed by atoms with Gasteiger partial charge in [-0.25, -0.2) is 14.8 Å². The summed E-state index contributed by atoms with van der Waals surface area (Å²) in [4.78, 5) is 19.3. The predicted molar refractivity (Wildman–Crippen MR) is 69.3 cm³/mol. The zero-order valence-corrected chi connectivity index (χ0v) is 10.2. The van der Waals surface area contributed by atoms with E-state index in [1.165, 1.54) is 6.33 Å². The molecular weight excluding hydrogens is 246 g/mol. The number of aromatic carboxylic acids is 1. The van der Waals surface area contributed by atoms with Gasteiger partial charge in [-0.1, -0.05) is 0 Å². The molecule has 0 amide bonds. The Kier molecular flexibility index (Phi) is 3.00. The van der Waals surface area contributed by atoms with Gasteiger partial charge >= 0.3 is 5.97 Å². The highest BCUT2D eigenvalue weighted by Gasteiger charge is 2.17. The number of ether oxygens (including phenoxy) is 1. The molecule has 19 heavy (non-hydrogen) atoms. The lowest BCUT2D eigenvalue weighted by Gasteiger charge is -2.13. The number of benzene rings is 1. The summed E-state index contributed by atoms with van der Waals surface area (Å²) in [6.07, 6.45) is 2.38. The summed E-state index contributed by atoms with van der Waals surface area (Å²) in [5, 5.41) is 13.1. The number of fused-ring (bicyclic) bond motifs is 1. The first kappa shape index (κ1) is 11.9. The van der Waals surface area contributed by atoms with Crippen LogP contribution in [-0.2, 0) is 4.74 Å². The van der Waals surface area contributed by atoms with Gasteiger partial charge in [-0.2, -0.15) is 0 Å². The molecule has 1 unspecified atom stereocenters. The van der Waals surface area contributed by atoms with Crippen molar-refractivity contribution in [3.63, 3.8) is 0 Å². The molecule has 98 valence electrons. The van der Waals surface area contributed by atoms with E-state index >= 15 is 0 Å². The second-order valence-electron chi connectivity index (χ2n) is 4.46. The maximum Gasteiger partial charge on any atom is 0.335 e. The van der Waals surface area contributed by atoms with Crippen molar-refractivity contribution < 1.29 is 14.6 Å². The lowest BCUT2D eigenvalue weighted by molar-refractivity contribution is 0.0697. The van der Waals surface area contributed by atoms with Gasteiger partial charge in [0.2, 0.25) is 0 Å². The van der Waals surface area contributed by atoms with Crippen molar-refractivity contribution in [2.75, 3.05) is 18.5 Å². The number of nitrogens with one attached hydrogen (secondary N) is 1. The van der Waals surface area contributed by atoms with E-state index in [1.54, 1.807) is 18.2 Å². The molecule has 1 aliphatic rings.